The van der Waals surface area contributed by atoms with Gasteiger partial charge in [-0.15, -0.1) is 0 Å². The van der Waals surface area contributed by atoms with Crippen LogP contribution in [0.5, 0.6) is 0 Å². The highest BCUT2D eigenvalue weighted by atomic mass is 15.0. The lowest BCUT2D eigenvalue weighted by atomic mass is 9.94. The van der Waals surface area contributed by atoms with Crippen molar-refractivity contribution >= 4 is 10.8 Å². The highest BCUT2D eigenvalue weighted by Gasteiger charge is 2.15. The van der Waals surface area contributed by atoms with Crippen LogP contribution in [0.4, 0.5) is 0 Å². The molecule has 0 bridgehead atoms. The Hall–Kier alpha value is -5.41. The van der Waals surface area contributed by atoms with Crippen molar-refractivity contribution < 1.29 is 0 Å². The van der Waals surface area contributed by atoms with Crippen molar-refractivity contribution in [3.63, 3.8) is 0 Å². The normalized spacial score (nSPS) is 11.0. The lowest BCUT2D eigenvalue weighted by Gasteiger charge is -2.13. The lowest BCUT2D eigenvalue weighted by Crippen LogP contribution is -2.00. The van der Waals surface area contributed by atoms with Crippen LogP contribution < -0.4 is 0 Å². The number of nitrogens with zero attached hydrogens (tertiary/aromatic N) is 3. The summed E-state index contributed by atoms with van der Waals surface area (Å²) < 4.78 is 0. The molecule has 0 aliphatic carbocycles. The van der Waals surface area contributed by atoms with Crippen LogP contribution in [0.3, 0.4) is 0 Å². The molecular weight excluding hydrogens is 498 g/mol. The molecule has 0 spiro atoms. The standard InChI is InChI=1S/C38H27N3/c1-26-16-18-28(19-17-26)33-23-34(32-21-20-27-10-8-9-15-31(27)22-32)25-35(24-33)38-40-36(29-11-4-2-5-12-29)39-37(41-38)30-13-6-3-7-14-30/h2-25H,1H3. The van der Waals surface area contributed by atoms with Gasteiger partial charge in [0.15, 0.2) is 17.5 Å². The van der Waals surface area contributed by atoms with Gasteiger partial charge in [0.25, 0.3) is 0 Å². The summed E-state index contributed by atoms with van der Waals surface area (Å²) in [5.41, 5.74) is 8.63. The topological polar surface area (TPSA) is 38.7 Å². The number of aromatic nitrogens is 3. The molecule has 0 radical (unpaired) electrons. The summed E-state index contributed by atoms with van der Waals surface area (Å²) in [4.78, 5) is 14.9. The molecule has 0 amide bonds. The maximum atomic E-state index is 5.01. The zero-order valence-corrected chi connectivity index (χ0v) is 22.7. The Morgan fingerprint density at radius 2 is 0.780 bits per heavy atom. The minimum absolute atomic E-state index is 0.647. The van der Waals surface area contributed by atoms with Gasteiger partial charge in [-0.25, -0.2) is 15.0 Å². The van der Waals surface area contributed by atoms with Crippen LogP contribution in [0.1, 0.15) is 5.56 Å². The maximum Gasteiger partial charge on any atom is 0.164 e. The van der Waals surface area contributed by atoms with E-state index < -0.39 is 0 Å². The third kappa shape index (κ3) is 5.13. The van der Waals surface area contributed by atoms with Crippen molar-refractivity contribution in [3.8, 4) is 56.4 Å². The molecule has 0 atom stereocenters. The number of fused-ring (bicyclic) bond motifs is 1. The fraction of sp³-hybridized carbons (Fsp3) is 0.0263. The smallest absolute Gasteiger partial charge is 0.164 e. The van der Waals surface area contributed by atoms with E-state index in [0.29, 0.717) is 17.5 Å². The second-order valence-electron chi connectivity index (χ2n) is 10.3. The van der Waals surface area contributed by atoms with Gasteiger partial charge in [0.05, 0.1) is 0 Å². The zero-order valence-electron chi connectivity index (χ0n) is 22.7. The van der Waals surface area contributed by atoms with Crippen LogP contribution >= 0.6 is 0 Å². The molecule has 6 aromatic carbocycles. The summed E-state index contributed by atoms with van der Waals surface area (Å²) >= 11 is 0. The summed E-state index contributed by atoms with van der Waals surface area (Å²) in [5.74, 6) is 1.96. The van der Waals surface area contributed by atoms with Crippen LogP contribution in [-0.2, 0) is 0 Å². The van der Waals surface area contributed by atoms with Crippen molar-refractivity contribution in [3.05, 3.63) is 151 Å². The molecule has 0 N–H and O–H groups in total. The number of hydrogen-bond acceptors (Lipinski definition) is 3. The number of hydrogen-bond donors (Lipinski definition) is 0. The van der Waals surface area contributed by atoms with Gasteiger partial charge in [0.2, 0.25) is 0 Å². The minimum Gasteiger partial charge on any atom is -0.208 e. The molecule has 7 rings (SSSR count). The van der Waals surface area contributed by atoms with Crippen LogP contribution in [0.2, 0.25) is 0 Å². The molecule has 41 heavy (non-hydrogen) atoms. The molecule has 0 fully saturated rings. The van der Waals surface area contributed by atoms with Gasteiger partial charge in [0.1, 0.15) is 0 Å². The molecular formula is C38H27N3. The monoisotopic (exact) mass is 525 g/mol. The quantitative estimate of drug-likeness (QED) is 0.224. The second-order valence-corrected chi connectivity index (χ2v) is 10.3. The molecule has 0 aliphatic heterocycles. The molecule has 7 aromatic rings. The Kier molecular flexibility index (Phi) is 6.38. The summed E-state index contributed by atoms with van der Waals surface area (Å²) in [7, 11) is 0. The third-order valence-electron chi connectivity index (χ3n) is 7.36. The van der Waals surface area contributed by atoms with Crippen molar-refractivity contribution in [2.45, 2.75) is 6.92 Å². The van der Waals surface area contributed by atoms with Crippen molar-refractivity contribution in [2.24, 2.45) is 0 Å². The first-order valence-electron chi connectivity index (χ1n) is 13.8. The molecule has 1 heterocycles. The lowest BCUT2D eigenvalue weighted by molar-refractivity contribution is 1.07. The highest BCUT2D eigenvalue weighted by molar-refractivity contribution is 5.89. The van der Waals surface area contributed by atoms with Crippen LogP contribution in [0, 0.1) is 6.92 Å². The van der Waals surface area contributed by atoms with E-state index in [1.54, 1.807) is 0 Å². The predicted molar refractivity (Wildman–Crippen MR) is 169 cm³/mol. The Morgan fingerprint density at radius 1 is 0.317 bits per heavy atom. The first kappa shape index (κ1) is 24.6. The molecule has 194 valence electrons. The van der Waals surface area contributed by atoms with Gasteiger partial charge in [-0.05, 0) is 64.2 Å². The van der Waals surface area contributed by atoms with E-state index in [1.807, 2.05) is 60.7 Å². The minimum atomic E-state index is 0.647. The Bertz CT molecular complexity index is 1920. The van der Waals surface area contributed by atoms with Gasteiger partial charge in [-0.2, -0.15) is 0 Å². The van der Waals surface area contributed by atoms with E-state index in [-0.39, 0.29) is 0 Å². The predicted octanol–water partition coefficient (Wildman–Crippen LogP) is 9.67. The largest absolute Gasteiger partial charge is 0.208 e. The third-order valence-corrected chi connectivity index (χ3v) is 7.36. The first-order valence-corrected chi connectivity index (χ1v) is 13.8. The SMILES string of the molecule is Cc1ccc(-c2cc(-c3ccc4ccccc4c3)cc(-c3nc(-c4ccccc4)nc(-c4ccccc4)n3)c2)cc1. The Balaban J connectivity index is 1.45. The van der Waals surface area contributed by atoms with Crippen LogP contribution in [0.15, 0.2) is 146 Å². The fourth-order valence-electron chi connectivity index (χ4n) is 5.14. The summed E-state index contributed by atoms with van der Waals surface area (Å²) in [5, 5.41) is 2.44. The number of benzene rings is 6. The van der Waals surface area contributed by atoms with Gasteiger partial charge in [-0.1, -0.05) is 127 Å². The molecule has 0 unspecified atom stereocenters. The molecule has 0 saturated heterocycles. The molecule has 0 saturated carbocycles. The average Bonchev–Trinajstić information content (AvgIpc) is 3.05. The second kappa shape index (κ2) is 10.6. The van der Waals surface area contributed by atoms with E-state index in [9.17, 15) is 0 Å². The number of rotatable bonds is 5. The number of aryl methyl sites for hydroxylation is 1. The molecule has 3 heteroatoms. The highest BCUT2D eigenvalue weighted by Crippen LogP contribution is 2.34. The van der Waals surface area contributed by atoms with E-state index >= 15 is 0 Å². The summed E-state index contributed by atoms with van der Waals surface area (Å²) in [6.07, 6.45) is 0. The van der Waals surface area contributed by atoms with E-state index in [4.69, 9.17) is 15.0 Å². The van der Waals surface area contributed by atoms with Crippen molar-refractivity contribution in [1.29, 1.82) is 0 Å². The molecule has 0 aliphatic rings. The van der Waals surface area contributed by atoms with E-state index in [0.717, 1.165) is 38.9 Å². The van der Waals surface area contributed by atoms with Crippen molar-refractivity contribution in [2.75, 3.05) is 0 Å². The summed E-state index contributed by atoms with van der Waals surface area (Å²) in [6, 6.07) is 50.6. The molecule has 3 nitrogen and oxygen atoms in total. The van der Waals surface area contributed by atoms with E-state index in [2.05, 4.69) is 91.9 Å². The maximum absolute atomic E-state index is 5.01. The van der Waals surface area contributed by atoms with E-state index in [1.165, 1.54) is 16.3 Å². The van der Waals surface area contributed by atoms with Crippen LogP contribution in [-0.4, -0.2) is 15.0 Å². The first-order chi connectivity index (χ1) is 20.2. The van der Waals surface area contributed by atoms with Gasteiger partial charge >= 0.3 is 0 Å². The van der Waals surface area contributed by atoms with Gasteiger partial charge < -0.3 is 0 Å². The Morgan fingerprint density at radius 3 is 1.39 bits per heavy atom. The molecule has 1 aromatic heterocycles. The van der Waals surface area contributed by atoms with Crippen molar-refractivity contribution in [1.82, 2.24) is 15.0 Å². The van der Waals surface area contributed by atoms with Crippen LogP contribution in [0.25, 0.3) is 67.2 Å². The fourth-order valence-corrected chi connectivity index (χ4v) is 5.14. The Labute approximate surface area is 239 Å². The van der Waals surface area contributed by atoms with Gasteiger partial charge in [0, 0.05) is 16.7 Å². The van der Waals surface area contributed by atoms with Gasteiger partial charge in [-0.3, -0.25) is 0 Å². The summed E-state index contributed by atoms with van der Waals surface area (Å²) in [6.45, 7) is 2.11. The average molecular weight is 526 g/mol. The zero-order chi connectivity index (χ0) is 27.6.